The van der Waals surface area contributed by atoms with Crippen LogP contribution in [0.15, 0.2) is 78.9 Å². The summed E-state index contributed by atoms with van der Waals surface area (Å²) in [5, 5.41) is 3.32. The summed E-state index contributed by atoms with van der Waals surface area (Å²) in [5.74, 6) is 1.45. The molecule has 0 bridgehead atoms. The average molecular weight is 455 g/mol. The van der Waals surface area contributed by atoms with Gasteiger partial charge in [-0.25, -0.2) is 0 Å². The fraction of sp³-hybridized carbons (Fsp3) is 0.276. The van der Waals surface area contributed by atoms with Crippen molar-refractivity contribution in [3.63, 3.8) is 0 Å². The smallest absolute Gasteiger partial charge is 0.223 e. The molecule has 0 spiro atoms. The van der Waals surface area contributed by atoms with Crippen LogP contribution in [0.3, 0.4) is 0 Å². The number of nitrogens with zero attached hydrogens (tertiary/aromatic N) is 1. The highest BCUT2D eigenvalue weighted by atomic mass is 16.5. The summed E-state index contributed by atoms with van der Waals surface area (Å²) in [5.41, 5.74) is 3.55. The molecule has 1 amide bonds. The van der Waals surface area contributed by atoms with Gasteiger partial charge in [-0.2, -0.15) is 0 Å². The summed E-state index contributed by atoms with van der Waals surface area (Å²) in [4.78, 5) is 14.9. The Kier molecular flexibility index (Phi) is 5.56. The Morgan fingerprint density at radius 3 is 2.56 bits per heavy atom. The zero-order valence-electron chi connectivity index (χ0n) is 19.9. The van der Waals surface area contributed by atoms with Gasteiger partial charge in [-0.1, -0.05) is 74.5 Å². The topological polar surface area (TPSA) is 50.8 Å². The third-order valence-electron chi connectivity index (χ3n) is 7.08. The van der Waals surface area contributed by atoms with E-state index >= 15 is 0 Å². The lowest BCUT2D eigenvalue weighted by Gasteiger charge is -2.49. The second kappa shape index (κ2) is 8.56. The maximum Gasteiger partial charge on any atom is 0.223 e. The van der Waals surface area contributed by atoms with E-state index in [1.807, 2.05) is 48.5 Å². The summed E-state index contributed by atoms with van der Waals surface area (Å²) < 4.78 is 11.6. The Bertz CT molecular complexity index is 1240. The second-order valence-electron chi connectivity index (χ2n) is 9.38. The van der Waals surface area contributed by atoms with Crippen LogP contribution in [0.5, 0.6) is 11.5 Å². The molecular weight excluding hydrogens is 424 g/mol. The van der Waals surface area contributed by atoms with Gasteiger partial charge in [0.15, 0.2) is 11.5 Å². The van der Waals surface area contributed by atoms with E-state index in [0.29, 0.717) is 31.1 Å². The first-order valence-electron chi connectivity index (χ1n) is 11.7. The van der Waals surface area contributed by atoms with Crippen molar-refractivity contribution in [2.75, 3.05) is 18.6 Å². The number of carbonyl (C=O) groups excluding carboxylic acids is 1. The van der Waals surface area contributed by atoms with Gasteiger partial charge in [-0.15, -0.1) is 0 Å². The molecule has 5 heteroatoms. The second-order valence-corrected chi connectivity index (χ2v) is 9.38. The number of anilines is 1. The highest BCUT2D eigenvalue weighted by molar-refractivity contribution is 5.84. The fourth-order valence-electron chi connectivity index (χ4n) is 5.18. The van der Waals surface area contributed by atoms with Gasteiger partial charge in [-0.3, -0.25) is 4.79 Å². The molecule has 5 nitrogen and oxygen atoms in total. The molecule has 1 saturated heterocycles. The van der Waals surface area contributed by atoms with Gasteiger partial charge in [0.2, 0.25) is 5.91 Å². The Balaban J connectivity index is 1.45. The third kappa shape index (κ3) is 3.61. The van der Waals surface area contributed by atoms with Gasteiger partial charge in [0, 0.05) is 24.1 Å². The molecule has 0 aliphatic carbocycles. The van der Waals surface area contributed by atoms with Crippen molar-refractivity contribution in [3.8, 4) is 11.5 Å². The van der Waals surface area contributed by atoms with E-state index in [2.05, 4.69) is 60.5 Å². The number of methoxy groups -OCH3 is 1. The summed E-state index contributed by atoms with van der Waals surface area (Å²) in [7, 11) is 1.65. The number of benzene rings is 3. The molecule has 0 saturated carbocycles. The van der Waals surface area contributed by atoms with Crippen LogP contribution in [-0.2, 0) is 16.8 Å². The third-order valence-corrected chi connectivity index (χ3v) is 7.08. The number of hydrogen-bond acceptors (Lipinski definition) is 4. The quantitative estimate of drug-likeness (QED) is 0.549. The molecule has 3 aromatic rings. The number of rotatable bonds is 6. The van der Waals surface area contributed by atoms with E-state index in [1.54, 1.807) is 7.11 Å². The lowest BCUT2D eigenvalue weighted by atomic mass is 9.74. The molecule has 0 radical (unpaired) electrons. The first kappa shape index (κ1) is 22.1. The number of para-hydroxylation sites is 1. The Morgan fingerprint density at radius 1 is 1.00 bits per heavy atom. The van der Waals surface area contributed by atoms with Gasteiger partial charge in [0.25, 0.3) is 0 Å². The van der Waals surface area contributed by atoms with Crippen LogP contribution < -0.4 is 19.7 Å². The van der Waals surface area contributed by atoms with Crippen LogP contribution in [0.4, 0.5) is 5.69 Å². The Morgan fingerprint density at radius 2 is 1.76 bits per heavy atom. The first-order valence-corrected chi connectivity index (χ1v) is 11.7. The van der Waals surface area contributed by atoms with Crippen molar-refractivity contribution in [1.82, 2.24) is 5.32 Å². The van der Waals surface area contributed by atoms with Crippen LogP contribution in [0.25, 0.3) is 6.08 Å². The molecule has 0 unspecified atom stereocenters. The van der Waals surface area contributed by atoms with Gasteiger partial charge in [0.05, 0.1) is 7.11 Å². The van der Waals surface area contributed by atoms with E-state index in [9.17, 15) is 4.79 Å². The van der Waals surface area contributed by atoms with Crippen molar-refractivity contribution >= 4 is 17.7 Å². The van der Waals surface area contributed by atoms with Gasteiger partial charge in [0.1, 0.15) is 12.3 Å². The number of amides is 1. The van der Waals surface area contributed by atoms with E-state index in [1.165, 1.54) is 11.3 Å². The van der Waals surface area contributed by atoms with Crippen LogP contribution in [0, 0.1) is 0 Å². The molecule has 5 rings (SSSR count). The monoisotopic (exact) mass is 454 g/mol. The van der Waals surface area contributed by atoms with Crippen molar-refractivity contribution in [3.05, 3.63) is 95.6 Å². The molecule has 1 atom stereocenters. The molecule has 0 aromatic heterocycles. The Labute approximate surface area is 201 Å². The summed E-state index contributed by atoms with van der Waals surface area (Å²) in [6.45, 7) is 5.56. The number of fused-ring (bicyclic) bond motifs is 3. The van der Waals surface area contributed by atoms with Crippen LogP contribution in [-0.4, -0.2) is 25.2 Å². The van der Waals surface area contributed by atoms with Crippen LogP contribution in [0.2, 0.25) is 0 Å². The van der Waals surface area contributed by atoms with Crippen molar-refractivity contribution < 1.29 is 14.3 Å². The van der Waals surface area contributed by atoms with E-state index in [-0.39, 0.29) is 11.3 Å². The summed E-state index contributed by atoms with van der Waals surface area (Å²) in [6.07, 6.45) is 4.68. The first-order chi connectivity index (χ1) is 16.4. The minimum absolute atomic E-state index is 0.0732. The summed E-state index contributed by atoms with van der Waals surface area (Å²) in [6, 6.07) is 24.4. The average Bonchev–Trinajstić information content (AvgIpc) is 3.05. The minimum atomic E-state index is -0.637. The molecule has 2 heterocycles. The molecule has 1 N–H and O–H groups in total. The van der Waals surface area contributed by atoms with Gasteiger partial charge in [-0.05, 0) is 41.0 Å². The normalized spacial score (nSPS) is 20.6. The van der Waals surface area contributed by atoms with E-state index in [4.69, 9.17) is 9.47 Å². The Hall–Kier alpha value is -3.73. The lowest BCUT2D eigenvalue weighted by molar-refractivity contribution is -0.124. The zero-order valence-corrected chi connectivity index (χ0v) is 19.9. The van der Waals surface area contributed by atoms with Crippen molar-refractivity contribution in [2.45, 2.75) is 38.0 Å². The predicted molar refractivity (Wildman–Crippen MR) is 135 cm³/mol. The SMILES string of the molecule is COc1cc(/C=C/[C@]23NC(=O)CCN2c2ccccc2C3(C)C)ccc1OCc1ccccc1. The van der Waals surface area contributed by atoms with E-state index < -0.39 is 5.66 Å². The van der Waals surface area contributed by atoms with Crippen LogP contribution >= 0.6 is 0 Å². The largest absolute Gasteiger partial charge is 0.493 e. The molecule has 2 aliphatic rings. The standard InChI is InChI=1S/C29H30N2O3/c1-28(2)23-11-7-8-12-24(23)31-18-16-27(32)30-29(28,31)17-15-21-13-14-25(26(19-21)33-3)34-20-22-9-5-4-6-10-22/h4-15,17,19H,16,18,20H2,1-3H3,(H,30,32)/b17-15+/t29-/m0/s1. The number of carbonyl (C=O) groups is 1. The number of nitrogens with one attached hydrogen (secondary N) is 1. The molecular formula is C29H30N2O3. The highest BCUT2D eigenvalue weighted by Crippen LogP contribution is 2.52. The van der Waals surface area contributed by atoms with Crippen LogP contribution in [0.1, 0.15) is 37.0 Å². The lowest BCUT2D eigenvalue weighted by Crippen LogP contribution is -2.68. The van der Waals surface area contributed by atoms with Crippen molar-refractivity contribution in [1.29, 1.82) is 0 Å². The zero-order chi connectivity index (χ0) is 23.8. The minimum Gasteiger partial charge on any atom is -0.493 e. The molecule has 34 heavy (non-hydrogen) atoms. The van der Waals surface area contributed by atoms with Gasteiger partial charge < -0.3 is 19.7 Å². The molecule has 1 fully saturated rings. The number of hydrogen-bond donors (Lipinski definition) is 1. The predicted octanol–water partition coefficient (Wildman–Crippen LogP) is 5.30. The molecule has 174 valence electrons. The molecule has 3 aromatic carbocycles. The van der Waals surface area contributed by atoms with Gasteiger partial charge >= 0.3 is 0 Å². The highest BCUT2D eigenvalue weighted by Gasteiger charge is 2.57. The number of ether oxygens (including phenoxy) is 2. The molecule has 2 aliphatic heterocycles. The summed E-state index contributed by atoms with van der Waals surface area (Å²) >= 11 is 0. The maximum absolute atomic E-state index is 12.6. The maximum atomic E-state index is 12.6. The fourth-order valence-corrected chi connectivity index (χ4v) is 5.18. The van der Waals surface area contributed by atoms with Crippen molar-refractivity contribution in [2.24, 2.45) is 0 Å². The van der Waals surface area contributed by atoms with E-state index in [0.717, 1.165) is 11.1 Å².